The summed E-state index contributed by atoms with van der Waals surface area (Å²) in [4.78, 5) is 25.6. The van der Waals surface area contributed by atoms with Gasteiger partial charge in [-0.05, 0) is 71.6 Å². The minimum atomic E-state index is -0.931. The van der Waals surface area contributed by atoms with Crippen LogP contribution < -0.4 is 0 Å². The highest BCUT2D eigenvalue weighted by Crippen LogP contribution is 2.48. The van der Waals surface area contributed by atoms with Gasteiger partial charge in [-0.1, -0.05) is 0 Å². The number of rotatable bonds is 3. The number of aliphatic hydroxyl groups is 1. The molecule has 0 unspecified atom stereocenters. The molecule has 1 heterocycles. The molecule has 6 nitrogen and oxygen atoms in total. The fraction of sp³-hybridized carbons (Fsp3) is 0.895. The van der Waals surface area contributed by atoms with Gasteiger partial charge in [-0.2, -0.15) is 0 Å². The van der Waals surface area contributed by atoms with Gasteiger partial charge in [0.25, 0.3) is 0 Å². The van der Waals surface area contributed by atoms with Crippen LogP contribution in [0.15, 0.2) is 0 Å². The molecule has 0 atom stereocenters. The van der Waals surface area contributed by atoms with E-state index in [0.29, 0.717) is 32.5 Å². The molecule has 1 aliphatic carbocycles. The van der Waals surface area contributed by atoms with Gasteiger partial charge in [-0.3, -0.25) is 4.79 Å². The summed E-state index contributed by atoms with van der Waals surface area (Å²) in [5, 5.41) is 10.7. The maximum Gasteiger partial charge on any atom is 0.410 e. The highest BCUT2D eigenvalue weighted by atomic mass is 16.6. The van der Waals surface area contributed by atoms with Crippen molar-refractivity contribution in [3.8, 4) is 0 Å². The second-order valence-electron chi connectivity index (χ2n) is 8.67. The van der Waals surface area contributed by atoms with Gasteiger partial charge < -0.3 is 19.5 Å². The molecule has 1 N–H and O–H groups in total. The van der Waals surface area contributed by atoms with Gasteiger partial charge >= 0.3 is 12.1 Å². The van der Waals surface area contributed by atoms with Crippen molar-refractivity contribution in [3.05, 3.63) is 0 Å². The van der Waals surface area contributed by atoms with Crippen LogP contribution in [0, 0.1) is 5.41 Å². The zero-order valence-corrected chi connectivity index (χ0v) is 16.1. The molecule has 0 radical (unpaired) electrons. The number of esters is 1. The third-order valence-corrected chi connectivity index (χ3v) is 5.50. The van der Waals surface area contributed by atoms with Gasteiger partial charge in [0.2, 0.25) is 0 Å². The Morgan fingerprint density at radius 1 is 1.04 bits per heavy atom. The maximum atomic E-state index is 12.2. The zero-order chi connectivity index (χ0) is 18.7. The minimum absolute atomic E-state index is 0.0843. The molecule has 1 saturated heterocycles. The van der Waals surface area contributed by atoms with Gasteiger partial charge in [0.05, 0.1) is 18.6 Å². The van der Waals surface area contributed by atoms with E-state index in [2.05, 4.69) is 0 Å². The van der Waals surface area contributed by atoms with Crippen molar-refractivity contribution in [2.75, 3.05) is 19.7 Å². The van der Waals surface area contributed by atoms with E-state index in [9.17, 15) is 14.7 Å². The molecule has 1 saturated carbocycles. The Kier molecular flexibility index (Phi) is 6.02. The zero-order valence-electron chi connectivity index (χ0n) is 16.1. The first-order valence-electron chi connectivity index (χ1n) is 9.42. The molecule has 0 bridgehead atoms. The van der Waals surface area contributed by atoms with Crippen LogP contribution in [0.5, 0.6) is 0 Å². The second kappa shape index (κ2) is 7.52. The smallest absolute Gasteiger partial charge is 0.410 e. The van der Waals surface area contributed by atoms with Crippen molar-refractivity contribution in [2.45, 2.75) is 83.8 Å². The summed E-state index contributed by atoms with van der Waals surface area (Å²) in [6, 6.07) is 0. The van der Waals surface area contributed by atoms with Crippen LogP contribution in [0.4, 0.5) is 4.79 Å². The lowest BCUT2D eigenvalue weighted by Gasteiger charge is -2.48. The SMILES string of the molecule is CCOC(=O)CC1(O)CCC2(CCN(C(=O)OC(C)(C)C)CC2)CC1. The van der Waals surface area contributed by atoms with E-state index in [-0.39, 0.29) is 23.9 Å². The van der Waals surface area contributed by atoms with Gasteiger partial charge in [0.15, 0.2) is 0 Å². The molecule has 1 amide bonds. The monoisotopic (exact) mass is 355 g/mol. The Morgan fingerprint density at radius 2 is 1.60 bits per heavy atom. The van der Waals surface area contributed by atoms with Crippen LogP contribution in [-0.2, 0) is 14.3 Å². The van der Waals surface area contributed by atoms with Crippen molar-refractivity contribution in [1.29, 1.82) is 0 Å². The fourth-order valence-corrected chi connectivity index (χ4v) is 3.89. The topological polar surface area (TPSA) is 76.1 Å². The molecule has 144 valence electrons. The van der Waals surface area contributed by atoms with E-state index in [1.165, 1.54) is 0 Å². The molecular formula is C19H33NO5. The second-order valence-corrected chi connectivity index (χ2v) is 8.67. The summed E-state index contributed by atoms with van der Waals surface area (Å²) >= 11 is 0. The summed E-state index contributed by atoms with van der Waals surface area (Å²) in [6.07, 6.45) is 4.74. The maximum absolute atomic E-state index is 12.2. The quantitative estimate of drug-likeness (QED) is 0.787. The lowest BCUT2D eigenvalue weighted by atomic mass is 9.63. The molecular weight excluding hydrogens is 322 g/mol. The normalized spacial score (nSPS) is 22.5. The Bertz CT molecular complexity index is 479. The Hall–Kier alpha value is -1.30. The number of nitrogens with zero attached hydrogens (tertiary/aromatic N) is 1. The van der Waals surface area contributed by atoms with Crippen molar-refractivity contribution < 1.29 is 24.2 Å². The average Bonchev–Trinajstić information content (AvgIpc) is 2.50. The fourth-order valence-electron chi connectivity index (χ4n) is 3.89. The molecule has 25 heavy (non-hydrogen) atoms. The number of ether oxygens (including phenoxy) is 2. The first kappa shape index (κ1) is 20.0. The Balaban J connectivity index is 1.83. The molecule has 0 aromatic carbocycles. The molecule has 0 aromatic rings. The molecule has 1 spiro atoms. The highest BCUT2D eigenvalue weighted by Gasteiger charge is 2.45. The Labute approximate surface area is 150 Å². The van der Waals surface area contributed by atoms with Crippen LogP contribution in [0.25, 0.3) is 0 Å². The summed E-state index contributed by atoms with van der Waals surface area (Å²) in [5.74, 6) is -0.319. The summed E-state index contributed by atoms with van der Waals surface area (Å²) in [7, 11) is 0. The van der Waals surface area contributed by atoms with Crippen molar-refractivity contribution in [1.82, 2.24) is 4.90 Å². The molecule has 2 fully saturated rings. The van der Waals surface area contributed by atoms with Crippen LogP contribution in [0.3, 0.4) is 0 Å². The van der Waals surface area contributed by atoms with Gasteiger partial charge in [0, 0.05) is 13.1 Å². The summed E-state index contributed by atoms with van der Waals surface area (Å²) in [5.41, 5.74) is -1.22. The molecule has 2 rings (SSSR count). The number of carbonyl (C=O) groups excluding carboxylic acids is 2. The van der Waals surface area contributed by atoms with Crippen molar-refractivity contribution in [3.63, 3.8) is 0 Å². The predicted octanol–water partition coefficient (Wildman–Crippen LogP) is 3.26. The number of likely N-dealkylation sites (tertiary alicyclic amines) is 1. The van der Waals surface area contributed by atoms with Crippen LogP contribution in [0.1, 0.15) is 72.6 Å². The number of carbonyl (C=O) groups is 2. The molecule has 6 heteroatoms. The third-order valence-electron chi connectivity index (χ3n) is 5.50. The van der Waals surface area contributed by atoms with E-state index in [0.717, 1.165) is 25.7 Å². The lowest BCUT2D eigenvalue weighted by Crippen LogP contribution is -2.48. The largest absolute Gasteiger partial charge is 0.466 e. The third kappa shape index (κ3) is 5.59. The van der Waals surface area contributed by atoms with E-state index >= 15 is 0 Å². The van der Waals surface area contributed by atoms with Crippen molar-refractivity contribution in [2.24, 2.45) is 5.41 Å². The van der Waals surface area contributed by atoms with Gasteiger partial charge in [-0.15, -0.1) is 0 Å². The van der Waals surface area contributed by atoms with E-state index < -0.39 is 11.2 Å². The highest BCUT2D eigenvalue weighted by molar-refractivity contribution is 5.70. The number of hydrogen-bond donors (Lipinski definition) is 1. The van der Waals surface area contributed by atoms with E-state index in [1.54, 1.807) is 11.8 Å². The van der Waals surface area contributed by atoms with Gasteiger partial charge in [0.1, 0.15) is 5.60 Å². The minimum Gasteiger partial charge on any atom is -0.466 e. The standard InChI is InChI=1S/C19H33NO5/c1-5-24-15(21)14-19(23)8-6-18(7-9-19)10-12-20(13-11-18)16(22)25-17(2,3)4/h23H,5-14H2,1-4H3. The Morgan fingerprint density at radius 3 is 2.08 bits per heavy atom. The number of piperidine rings is 1. The summed E-state index contributed by atoms with van der Waals surface area (Å²) in [6.45, 7) is 9.15. The first-order chi connectivity index (χ1) is 11.6. The average molecular weight is 355 g/mol. The summed E-state index contributed by atoms with van der Waals surface area (Å²) < 4.78 is 10.4. The van der Waals surface area contributed by atoms with Gasteiger partial charge in [-0.25, -0.2) is 4.79 Å². The predicted molar refractivity (Wildman–Crippen MR) is 94.1 cm³/mol. The van der Waals surface area contributed by atoms with Crippen LogP contribution in [0.2, 0.25) is 0 Å². The van der Waals surface area contributed by atoms with E-state index in [1.807, 2.05) is 20.8 Å². The van der Waals surface area contributed by atoms with Crippen LogP contribution >= 0.6 is 0 Å². The number of hydrogen-bond acceptors (Lipinski definition) is 5. The van der Waals surface area contributed by atoms with Crippen molar-refractivity contribution >= 4 is 12.1 Å². The number of amides is 1. The molecule has 1 aliphatic heterocycles. The lowest BCUT2D eigenvalue weighted by molar-refractivity contribution is -0.151. The van der Waals surface area contributed by atoms with Crippen LogP contribution in [-0.4, -0.2) is 53.0 Å². The molecule has 2 aliphatic rings. The molecule has 0 aromatic heterocycles. The first-order valence-corrected chi connectivity index (χ1v) is 9.42. The van der Waals surface area contributed by atoms with E-state index in [4.69, 9.17) is 9.47 Å².